The van der Waals surface area contributed by atoms with Crippen molar-refractivity contribution >= 4 is 0 Å². The maximum Gasteiger partial charge on any atom is 0.474 e. The van der Waals surface area contributed by atoms with Gasteiger partial charge in [-0.25, -0.2) is 0 Å². The van der Waals surface area contributed by atoms with Gasteiger partial charge in [0, 0.05) is 0 Å². The van der Waals surface area contributed by atoms with Crippen molar-refractivity contribution in [2.75, 3.05) is 0 Å². The van der Waals surface area contributed by atoms with Gasteiger partial charge in [0.15, 0.2) is 0 Å². The molecule has 8 heteroatoms. The molecule has 0 spiro atoms. The smallest absolute Gasteiger partial charge is 0.428 e. The molecule has 0 saturated carbocycles. The normalized spacial score (nSPS) is 13.6. The van der Waals surface area contributed by atoms with Crippen molar-refractivity contribution in [1.82, 2.24) is 0 Å². The minimum absolute atomic E-state index is 0.355. The fourth-order valence-corrected chi connectivity index (χ4v) is 0.935. The molecule has 0 N–H and O–H groups in total. The van der Waals surface area contributed by atoms with Crippen molar-refractivity contribution in [2.24, 2.45) is 0 Å². The molecule has 0 aliphatic rings. The van der Waals surface area contributed by atoms with Gasteiger partial charge >= 0.3 is 18.2 Å². The van der Waals surface area contributed by atoms with Gasteiger partial charge in [-0.2, -0.15) is 30.7 Å². The van der Waals surface area contributed by atoms with Crippen LogP contribution in [-0.2, 0) is 0 Å². The molecule has 0 aliphatic heterocycles. The van der Waals surface area contributed by atoms with Gasteiger partial charge in [0.05, 0.1) is 0 Å². The first-order valence-electron chi connectivity index (χ1n) is 4.41. The molecule has 0 atom stereocenters. The summed E-state index contributed by atoms with van der Waals surface area (Å²) in [6, 6.07) is 3.86. The summed E-state index contributed by atoms with van der Waals surface area (Å²) in [6.45, 7) is 3.37. The summed E-state index contributed by atoms with van der Waals surface area (Å²) in [6.07, 6.45) is -12.1. The maximum atomic E-state index is 12.8. The molecule has 1 aromatic rings. The van der Waals surface area contributed by atoms with Crippen LogP contribution in [-0.4, -0.2) is 18.2 Å². The van der Waals surface area contributed by atoms with Crippen LogP contribution < -0.4 is 4.74 Å². The molecule has 0 fully saturated rings. The zero-order chi connectivity index (χ0) is 14.2. The minimum Gasteiger partial charge on any atom is -0.428 e. The van der Waals surface area contributed by atoms with Crippen molar-refractivity contribution in [3.63, 3.8) is 0 Å². The second-order valence-corrected chi connectivity index (χ2v) is 3.33. The van der Waals surface area contributed by atoms with Crippen molar-refractivity contribution in [3.8, 4) is 5.75 Å². The van der Waals surface area contributed by atoms with Crippen molar-refractivity contribution in [2.45, 2.75) is 18.2 Å². The molecule has 1 rings (SSSR count). The van der Waals surface area contributed by atoms with E-state index in [1.54, 1.807) is 0 Å². The molecule has 1 radical (unpaired) electrons. The second kappa shape index (κ2) is 4.33. The van der Waals surface area contributed by atoms with Crippen LogP contribution in [0.5, 0.6) is 5.75 Å². The molecule has 0 aliphatic carbocycles. The van der Waals surface area contributed by atoms with E-state index in [4.69, 9.17) is 0 Å². The topological polar surface area (TPSA) is 9.23 Å². The number of hydrogen-bond acceptors (Lipinski definition) is 1. The van der Waals surface area contributed by atoms with Gasteiger partial charge < -0.3 is 4.74 Å². The van der Waals surface area contributed by atoms with Gasteiger partial charge in [-0.15, -0.1) is 0 Å². The number of ether oxygens (including phenoxy) is 1. The molecule has 1 aromatic carbocycles. The number of benzene rings is 1. The van der Waals surface area contributed by atoms with E-state index in [-0.39, 0.29) is 0 Å². The Bertz CT molecular complexity index is 407. The van der Waals surface area contributed by atoms with E-state index in [0.717, 1.165) is 24.3 Å². The van der Waals surface area contributed by atoms with E-state index >= 15 is 0 Å². The number of hydrogen-bond donors (Lipinski definition) is 0. The monoisotopic (exact) mass is 275 g/mol. The van der Waals surface area contributed by atoms with Crippen LogP contribution in [0.25, 0.3) is 0 Å². The van der Waals surface area contributed by atoms with Gasteiger partial charge in [-0.1, -0.05) is 12.1 Å². The number of halogens is 7. The molecular formula is C10H6F7O. The van der Waals surface area contributed by atoms with E-state index in [9.17, 15) is 30.7 Å². The zero-order valence-corrected chi connectivity index (χ0v) is 8.57. The summed E-state index contributed by atoms with van der Waals surface area (Å²) >= 11 is 0. The summed E-state index contributed by atoms with van der Waals surface area (Å²) in [5.74, 6) is -7.11. The average molecular weight is 275 g/mol. The van der Waals surface area contributed by atoms with Crippen LogP contribution >= 0.6 is 0 Å². The lowest BCUT2D eigenvalue weighted by atomic mass is 10.2. The highest BCUT2D eigenvalue weighted by Crippen LogP contribution is 2.47. The molecular weight excluding hydrogens is 269 g/mol. The molecule has 101 valence electrons. The summed E-state index contributed by atoms with van der Waals surface area (Å²) in [5, 5.41) is 0. The third-order valence-electron chi connectivity index (χ3n) is 1.89. The van der Waals surface area contributed by atoms with Crippen LogP contribution in [0, 0.1) is 6.92 Å². The first-order chi connectivity index (χ1) is 7.97. The second-order valence-electron chi connectivity index (χ2n) is 3.33. The number of rotatable bonds is 3. The van der Waals surface area contributed by atoms with Crippen molar-refractivity contribution < 1.29 is 35.5 Å². The van der Waals surface area contributed by atoms with Crippen LogP contribution in [0.15, 0.2) is 24.3 Å². The lowest BCUT2D eigenvalue weighted by Gasteiger charge is -2.27. The molecule has 0 unspecified atom stereocenters. The summed E-state index contributed by atoms with van der Waals surface area (Å²) in [4.78, 5) is 0. The van der Waals surface area contributed by atoms with E-state index in [1.165, 1.54) is 0 Å². The first-order valence-corrected chi connectivity index (χ1v) is 4.41. The van der Waals surface area contributed by atoms with E-state index in [1.807, 2.05) is 0 Å². The fraction of sp³-hybridized carbons (Fsp3) is 0.300. The predicted octanol–water partition coefficient (Wildman–Crippen LogP) is 4.04. The molecule has 0 aromatic heterocycles. The summed E-state index contributed by atoms with van der Waals surface area (Å²) in [5.41, 5.74) is 0.355. The highest BCUT2D eigenvalue weighted by molar-refractivity contribution is 5.29. The minimum atomic E-state index is -6.41. The van der Waals surface area contributed by atoms with Crippen molar-refractivity contribution in [1.29, 1.82) is 0 Å². The van der Waals surface area contributed by atoms with Gasteiger partial charge in [0.25, 0.3) is 0 Å². The third kappa shape index (κ3) is 2.68. The lowest BCUT2D eigenvalue weighted by Crippen LogP contribution is -2.55. The Kier molecular flexibility index (Phi) is 3.51. The largest absolute Gasteiger partial charge is 0.474 e. The molecule has 0 heterocycles. The SMILES string of the molecule is [CH2]c1ccc(OC(F)(F)C(F)(F)C(F)(F)F)cc1. The quantitative estimate of drug-likeness (QED) is 0.756. The first kappa shape index (κ1) is 14.6. The van der Waals surface area contributed by atoms with Crippen LogP contribution in [0.3, 0.4) is 0 Å². The Labute approximate surface area is 97.2 Å². The lowest BCUT2D eigenvalue weighted by molar-refractivity contribution is -0.402. The summed E-state index contributed by atoms with van der Waals surface area (Å²) in [7, 11) is 0. The van der Waals surface area contributed by atoms with E-state index < -0.39 is 24.0 Å². The van der Waals surface area contributed by atoms with Gasteiger partial charge in [0.2, 0.25) is 0 Å². The molecule has 1 nitrogen and oxygen atoms in total. The third-order valence-corrected chi connectivity index (χ3v) is 1.89. The Hall–Kier alpha value is -1.47. The Balaban J connectivity index is 2.97. The standard InChI is InChI=1S/C10H6F7O/c1-6-2-4-7(5-3-6)18-10(16,17)8(11,12)9(13,14)15/h2-5H,1H2. The van der Waals surface area contributed by atoms with E-state index in [0.29, 0.717) is 5.56 Å². The van der Waals surface area contributed by atoms with Gasteiger partial charge in [-0.3, -0.25) is 0 Å². The van der Waals surface area contributed by atoms with Crippen LogP contribution in [0.1, 0.15) is 5.56 Å². The molecule has 0 bridgehead atoms. The highest BCUT2D eigenvalue weighted by Gasteiger charge is 2.75. The number of alkyl halides is 7. The molecule has 18 heavy (non-hydrogen) atoms. The molecule has 0 amide bonds. The maximum absolute atomic E-state index is 12.8. The fourth-order valence-electron chi connectivity index (χ4n) is 0.935. The highest BCUT2D eigenvalue weighted by atomic mass is 19.4. The Morgan fingerprint density at radius 2 is 1.28 bits per heavy atom. The van der Waals surface area contributed by atoms with Gasteiger partial charge in [0.1, 0.15) is 5.75 Å². The summed E-state index contributed by atoms with van der Waals surface area (Å²) < 4.78 is 89.2. The Morgan fingerprint density at radius 1 is 0.833 bits per heavy atom. The zero-order valence-electron chi connectivity index (χ0n) is 8.57. The van der Waals surface area contributed by atoms with Crippen molar-refractivity contribution in [3.05, 3.63) is 36.8 Å². The molecule has 0 saturated heterocycles. The predicted molar refractivity (Wildman–Crippen MR) is 47.5 cm³/mol. The van der Waals surface area contributed by atoms with Gasteiger partial charge in [-0.05, 0) is 24.6 Å². The average Bonchev–Trinajstić information content (AvgIpc) is 2.19. The Morgan fingerprint density at radius 3 is 1.67 bits per heavy atom. The van der Waals surface area contributed by atoms with Crippen LogP contribution in [0.2, 0.25) is 0 Å². The van der Waals surface area contributed by atoms with Crippen LogP contribution in [0.4, 0.5) is 30.7 Å². The van der Waals surface area contributed by atoms with E-state index in [2.05, 4.69) is 11.7 Å².